The summed E-state index contributed by atoms with van der Waals surface area (Å²) in [5.41, 5.74) is 2.94. The van der Waals surface area contributed by atoms with Gasteiger partial charge in [-0.25, -0.2) is 4.21 Å². The van der Waals surface area contributed by atoms with Crippen LogP contribution in [-0.2, 0) is 22.5 Å². The normalized spacial score (nSPS) is 15.5. The highest BCUT2D eigenvalue weighted by molar-refractivity contribution is 7.92. The van der Waals surface area contributed by atoms with Crippen LogP contribution in [-0.4, -0.2) is 26.1 Å². The second-order valence-corrected chi connectivity index (χ2v) is 10.3. The predicted octanol–water partition coefficient (Wildman–Crippen LogP) is 3.79. The van der Waals surface area contributed by atoms with Crippen molar-refractivity contribution in [2.75, 3.05) is 12.4 Å². The highest BCUT2D eigenvalue weighted by atomic mass is 32.2. The third-order valence-electron chi connectivity index (χ3n) is 5.45. The standard InChI is InChI=1S/C22H24N4O3S/c1-3-30(28,25-14-23)13-16-6-7-20(29-12-15-4-5-15)18(10-16)19-11-26(2)22(27)21-17(19)8-9-24-21/h6-11,15,24H,3-5,12-13H2,1-2H3. The Labute approximate surface area is 175 Å². The highest BCUT2D eigenvalue weighted by Gasteiger charge is 2.23. The fourth-order valence-corrected chi connectivity index (χ4v) is 4.76. The molecule has 3 aromatic rings. The van der Waals surface area contributed by atoms with Crippen LogP contribution in [0, 0.1) is 17.4 Å². The van der Waals surface area contributed by atoms with Crippen molar-refractivity contribution in [1.29, 1.82) is 5.26 Å². The zero-order valence-electron chi connectivity index (χ0n) is 17.1. The summed E-state index contributed by atoms with van der Waals surface area (Å²) in [4.78, 5) is 15.5. The van der Waals surface area contributed by atoms with Crippen molar-refractivity contribution in [3.05, 3.63) is 52.6 Å². The summed E-state index contributed by atoms with van der Waals surface area (Å²) in [5, 5.41) is 9.72. The monoisotopic (exact) mass is 424 g/mol. The number of pyridine rings is 1. The van der Waals surface area contributed by atoms with E-state index in [2.05, 4.69) is 9.35 Å². The summed E-state index contributed by atoms with van der Waals surface area (Å²) in [6.07, 6.45) is 7.62. The Hall–Kier alpha value is -3.05. The van der Waals surface area contributed by atoms with E-state index in [1.807, 2.05) is 24.3 Å². The number of aromatic nitrogens is 2. The van der Waals surface area contributed by atoms with Gasteiger partial charge in [0.25, 0.3) is 5.56 Å². The summed E-state index contributed by atoms with van der Waals surface area (Å²) < 4.78 is 24.2. The summed E-state index contributed by atoms with van der Waals surface area (Å²) in [6, 6.07) is 7.59. The number of fused-ring (bicyclic) bond motifs is 1. The highest BCUT2D eigenvalue weighted by Crippen LogP contribution is 2.37. The number of rotatable bonds is 7. The van der Waals surface area contributed by atoms with E-state index < -0.39 is 9.73 Å². The summed E-state index contributed by atoms with van der Waals surface area (Å²) in [5.74, 6) is 1.82. The van der Waals surface area contributed by atoms with Gasteiger partial charge in [-0.2, -0.15) is 5.26 Å². The first kappa shape index (κ1) is 20.2. The number of aromatic amines is 1. The molecular formula is C22H24N4O3S. The fourth-order valence-electron chi connectivity index (χ4n) is 3.51. The summed E-state index contributed by atoms with van der Waals surface area (Å²) in [7, 11) is -0.924. The van der Waals surface area contributed by atoms with E-state index in [1.54, 1.807) is 37.1 Å². The zero-order valence-corrected chi connectivity index (χ0v) is 17.9. The Morgan fingerprint density at radius 1 is 1.33 bits per heavy atom. The van der Waals surface area contributed by atoms with Gasteiger partial charge in [0.1, 0.15) is 11.3 Å². The summed E-state index contributed by atoms with van der Waals surface area (Å²) >= 11 is 0. The van der Waals surface area contributed by atoms with Crippen molar-refractivity contribution in [1.82, 2.24) is 9.55 Å². The number of H-pyrrole nitrogens is 1. The van der Waals surface area contributed by atoms with E-state index in [-0.39, 0.29) is 11.3 Å². The van der Waals surface area contributed by atoms with Crippen LogP contribution in [0.1, 0.15) is 25.3 Å². The molecule has 0 bridgehead atoms. The number of nitrogens with zero attached hydrogens (tertiary/aromatic N) is 3. The molecule has 2 aromatic heterocycles. The number of nitriles is 1. The second kappa shape index (κ2) is 8.00. The van der Waals surface area contributed by atoms with Crippen LogP contribution in [0.2, 0.25) is 0 Å². The predicted molar refractivity (Wildman–Crippen MR) is 118 cm³/mol. The Morgan fingerprint density at radius 3 is 2.83 bits per heavy atom. The van der Waals surface area contributed by atoms with Crippen LogP contribution in [0.15, 0.2) is 45.8 Å². The number of benzene rings is 1. The first-order chi connectivity index (χ1) is 14.4. The molecule has 0 saturated heterocycles. The van der Waals surface area contributed by atoms with Crippen molar-refractivity contribution in [3.8, 4) is 23.1 Å². The van der Waals surface area contributed by atoms with Crippen LogP contribution < -0.4 is 10.3 Å². The molecule has 0 amide bonds. The van der Waals surface area contributed by atoms with Crippen molar-refractivity contribution in [3.63, 3.8) is 0 Å². The number of nitrogens with one attached hydrogen (secondary N) is 1. The van der Waals surface area contributed by atoms with E-state index >= 15 is 0 Å². The Kier molecular flexibility index (Phi) is 5.39. The topological polar surface area (TPSA) is 100 Å². The first-order valence-electron chi connectivity index (χ1n) is 9.97. The van der Waals surface area contributed by atoms with Gasteiger partial charge in [0.05, 0.1) is 22.1 Å². The number of hydrogen-bond donors (Lipinski definition) is 1. The number of ether oxygens (including phenoxy) is 1. The van der Waals surface area contributed by atoms with Crippen LogP contribution in [0.4, 0.5) is 0 Å². The Balaban J connectivity index is 1.86. The van der Waals surface area contributed by atoms with Gasteiger partial charge in [0.15, 0.2) is 0 Å². The SMILES string of the molecule is CCS(=O)(Cc1ccc(OCC2CC2)c(-c2cn(C)c(=O)c3[nH]ccc23)c1)=NC#N. The Bertz CT molecular complexity index is 1320. The minimum Gasteiger partial charge on any atom is -0.493 e. The molecule has 1 saturated carbocycles. The maximum absolute atomic E-state index is 12.9. The van der Waals surface area contributed by atoms with E-state index in [9.17, 15) is 9.00 Å². The van der Waals surface area contributed by atoms with Gasteiger partial charge in [-0.1, -0.05) is 13.0 Å². The van der Waals surface area contributed by atoms with Gasteiger partial charge < -0.3 is 14.3 Å². The van der Waals surface area contributed by atoms with Crippen LogP contribution in [0.5, 0.6) is 5.75 Å². The molecule has 1 fully saturated rings. The maximum Gasteiger partial charge on any atom is 0.274 e. The van der Waals surface area contributed by atoms with Crippen LogP contribution in [0.3, 0.4) is 0 Å². The lowest BCUT2D eigenvalue weighted by atomic mass is 10.0. The van der Waals surface area contributed by atoms with Gasteiger partial charge >= 0.3 is 0 Å². The molecule has 7 nitrogen and oxygen atoms in total. The molecule has 4 rings (SSSR count). The number of hydrogen-bond acceptors (Lipinski definition) is 5. The maximum atomic E-state index is 12.9. The molecule has 1 aliphatic rings. The molecule has 1 aliphatic carbocycles. The smallest absolute Gasteiger partial charge is 0.274 e. The molecule has 1 N–H and O–H groups in total. The lowest BCUT2D eigenvalue weighted by Gasteiger charge is -2.16. The van der Waals surface area contributed by atoms with Crippen molar-refractivity contribution < 1.29 is 8.95 Å². The molecule has 1 unspecified atom stereocenters. The lowest BCUT2D eigenvalue weighted by Crippen LogP contribution is -2.16. The first-order valence-corrected chi connectivity index (χ1v) is 11.8. The van der Waals surface area contributed by atoms with Crippen LogP contribution in [0.25, 0.3) is 22.0 Å². The third kappa shape index (κ3) is 3.98. The van der Waals surface area contributed by atoms with Gasteiger partial charge in [0.2, 0.25) is 6.19 Å². The minimum atomic E-state index is -2.64. The van der Waals surface area contributed by atoms with E-state index in [0.717, 1.165) is 27.8 Å². The van der Waals surface area contributed by atoms with Crippen molar-refractivity contribution in [2.24, 2.45) is 17.3 Å². The van der Waals surface area contributed by atoms with E-state index in [4.69, 9.17) is 10.00 Å². The Morgan fingerprint density at radius 2 is 2.13 bits per heavy atom. The van der Waals surface area contributed by atoms with Crippen LogP contribution >= 0.6 is 0 Å². The average molecular weight is 425 g/mol. The average Bonchev–Trinajstić information content (AvgIpc) is 3.43. The van der Waals surface area contributed by atoms with E-state index in [1.165, 1.54) is 12.8 Å². The minimum absolute atomic E-state index is 0.0998. The summed E-state index contributed by atoms with van der Waals surface area (Å²) in [6.45, 7) is 2.43. The van der Waals surface area contributed by atoms with Gasteiger partial charge in [0, 0.05) is 41.7 Å². The zero-order chi connectivity index (χ0) is 21.3. The molecule has 2 heterocycles. The quantitative estimate of drug-likeness (QED) is 0.583. The molecule has 0 spiro atoms. The molecular weight excluding hydrogens is 400 g/mol. The second-order valence-electron chi connectivity index (χ2n) is 7.71. The van der Waals surface area contributed by atoms with Gasteiger partial charge in [-0.3, -0.25) is 4.79 Å². The van der Waals surface area contributed by atoms with Gasteiger partial charge in [-0.05, 0) is 42.5 Å². The fraction of sp³-hybridized carbons (Fsp3) is 0.364. The van der Waals surface area contributed by atoms with E-state index in [0.29, 0.717) is 23.8 Å². The molecule has 0 radical (unpaired) electrons. The van der Waals surface area contributed by atoms with Crippen molar-refractivity contribution in [2.45, 2.75) is 25.5 Å². The molecule has 1 aromatic carbocycles. The molecule has 1 atom stereocenters. The molecule has 0 aliphatic heterocycles. The van der Waals surface area contributed by atoms with Gasteiger partial charge in [-0.15, -0.1) is 4.36 Å². The molecule has 156 valence electrons. The number of aryl methyl sites for hydroxylation is 1. The molecule has 8 heteroatoms. The third-order valence-corrected chi connectivity index (χ3v) is 7.55. The lowest BCUT2D eigenvalue weighted by molar-refractivity contribution is 0.301. The largest absolute Gasteiger partial charge is 0.493 e. The molecule has 30 heavy (non-hydrogen) atoms. The van der Waals surface area contributed by atoms with Crippen molar-refractivity contribution >= 4 is 20.6 Å².